The van der Waals surface area contributed by atoms with Crippen LogP contribution in [0.3, 0.4) is 0 Å². The van der Waals surface area contributed by atoms with Crippen molar-refractivity contribution in [1.29, 1.82) is 0 Å². The number of rotatable bonds is 6. The molecule has 0 aliphatic carbocycles. The van der Waals surface area contributed by atoms with Gasteiger partial charge < -0.3 is 15.0 Å². The first-order valence-corrected chi connectivity index (χ1v) is 4.92. The summed E-state index contributed by atoms with van der Waals surface area (Å²) in [5, 5.41) is 3.35. The molecule has 1 atom stereocenters. The lowest BCUT2D eigenvalue weighted by Gasteiger charge is -2.10. The van der Waals surface area contributed by atoms with Crippen LogP contribution in [0.15, 0.2) is 6.33 Å². The van der Waals surface area contributed by atoms with E-state index in [4.69, 9.17) is 4.74 Å². The zero-order valence-electron chi connectivity index (χ0n) is 9.13. The van der Waals surface area contributed by atoms with Crippen LogP contribution in [0.2, 0.25) is 0 Å². The maximum atomic E-state index is 5.05. The lowest BCUT2D eigenvalue weighted by molar-refractivity contribution is 0.158. The number of methoxy groups -OCH3 is 1. The molecule has 0 amide bonds. The van der Waals surface area contributed by atoms with Crippen molar-refractivity contribution >= 4 is 0 Å². The summed E-state index contributed by atoms with van der Waals surface area (Å²) < 4.78 is 5.05. The Labute approximate surface area is 85.1 Å². The highest BCUT2D eigenvalue weighted by Crippen LogP contribution is 2.00. The zero-order valence-corrected chi connectivity index (χ0v) is 9.13. The average Bonchev–Trinajstić information content (AvgIpc) is 2.52. The number of nitrogens with zero attached hydrogens (tertiary/aromatic N) is 1. The second-order valence-corrected chi connectivity index (χ2v) is 3.67. The van der Waals surface area contributed by atoms with E-state index in [2.05, 4.69) is 22.2 Å². The summed E-state index contributed by atoms with van der Waals surface area (Å²) >= 11 is 0. The van der Waals surface area contributed by atoms with Gasteiger partial charge in [0.05, 0.1) is 12.0 Å². The van der Waals surface area contributed by atoms with Crippen molar-refractivity contribution in [2.75, 3.05) is 20.3 Å². The fourth-order valence-electron chi connectivity index (χ4n) is 1.35. The van der Waals surface area contributed by atoms with Crippen LogP contribution in [-0.2, 0) is 11.3 Å². The maximum absolute atomic E-state index is 5.05. The van der Waals surface area contributed by atoms with Crippen molar-refractivity contribution in [3.05, 3.63) is 17.7 Å². The Hall–Kier alpha value is -0.870. The lowest BCUT2D eigenvalue weighted by atomic mass is 10.2. The van der Waals surface area contributed by atoms with Crippen molar-refractivity contribution in [2.45, 2.75) is 20.4 Å². The van der Waals surface area contributed by atoms with E-state index in [9.17, 15) is 0 Å². The van der Waals surface area contributed by atoms with Gasteiger partial charge in [-0.15, -0.1) is 0 Å². The second-order valence-electron chi connectivity index (χ2n) is 3.67. The van der Waals surface area contributed by atoms with E-state index in [1.54, 1.807) is 13.4 Å². The summed E-state index contributed by atoms with van der Waals surface area (Å²) in [4.78, 5) is 7.27. The molecule has 1 rings (SSSR count). The number of hydrogen-bond acceptors (Lipinski definition) is 3. The highest BCUT2D eigenvalue weighted by atomic mass is 16.5. The Morgan fingerprint density at radius 1 is 1.64 bits per heavy atom. The summed E-state index contributed by atoms with van der Waals surface area (Å²) in [6, 6.07) is 0. The van der Waals surface area contributed by atoms with Crippen molar-refractivity contribution in [1.82, 2.24) is 15.3 Å². The molecule has 4 nitrogen and oxygen atoms in total. The van der Waals surface area contributed by atoms with Crippen molar-refractivity contribution in [3.8, 4) is 0 Å². The molecule has 2 N–H and O–H groups in total. The predicted molar refractivity (Wildman–Crippen MR) is 56.1 cm³/mol. The third-order valence-corrected chi connectivity index (χ3v) is 2.17. The Morgan fingerprint density at radius 3 is 3.00 bits per heavy atom. The molecule has 1 aromatic heterocycles. The minimum Gasteiger partial charge on any atom is -0.384 e. The van der Waals surface area contributed by atoms with Gasteiger partial charge in [-0.1, -0.05) is 6.92 Å². The molecule has 0 aromatic carbocycles. The molecule has 0 aliphatic rings. The van der Waals surface area contributed by atoms with Crippen LogP contribution >= 0.6 is 0 Å². The first-order chi connectivity index (χ1) is 6.74. The molecule has 1 unspecified atom stereocenters. The zero-order chi connectivity index (χ0) is 10.4. The van der Waals surface area contributed by atoms with Crippen LogP contribution in [0.1, 0.15) is 18.3 Å². The van der Waals surface area contributed by atoms with Crippen LogP contribution in [0, 0.1) is 12.8 Å². The molecule has 1 heterocycles. The third kappa shape index (κ3) is 3.47. The summed E-state index contributed by atoms with van der Waals surface area (Å²) in [6.45, 7) is 6.77. The molecule has 14 heavy (non-hydrogen) atoms. The molecule has 0 saturated carbocycles. The molecule has 4 heteroatoms. The smallest absolute Gasteiger partial charge is 0.0925 e. The minimum atomic E-state index is 0.541. The Kier molecular flexibility index (Phi) is 4.62. The van der Waals surface area contributed by atoms with Crippen molar-refractivity contribution in [2.24, 2.45) is 5.92 Å². The molecule has 0 saturated heterocycles. The Bertz CT molecular complexity index is 260. The van der Waals surface area contributed by atoms with Crippen LogP contribution in [-0.4, -0.2) is 30.2 Å². The topological polar surface area (TPSA) is 49.9 Å². The van der Waals surface area contributed by atoms with Gasteiger partial charge in [0, 0.05) is 32.5 Å². The van der Waals surface area contributed by atoms with Gasteiger partial charge in [0.2, 0.25) is 0 Å². The van der Waals surface area contributed by atoms with Crippen LogP contribution < -0.4 is 5.32 Å². The number of aromatic amines is 1. The van der Waals surface area contributed by atoms with E-state index in [1.165, 1.54) is 0 Å². The van der Waals surface area contributed by atoms with E-state index in [0.717, 1.165) is 31.1 Å². The van der Waals surface area contributed by atoms with Gasteiger partial charge in [0.1, 0.15) is 0 Å². The predicted octanol–water partition coefficient (Wildman–Crippen LogP) is 1.09. The normalized spacial score (nSPS) is 13.1. The third-order valence-electron chi connectivity index (χ3n) is 2.17. The summed E-state index contributed by atoms with van der Waals surface area (Å²) in [7, 11) is 1.73. The maximum Gasteiger partial charge on any atom is 0.0925 e. The SMILES string of the molecule is COCC(C)CNCc1nc[nH]c1C. The van der Waals surface area contributed by atoms with Gasteiger partial charge in [0.25, 0.3) is 0 Å². The number of nitrogens with one attached hydrogen (secondary N) is 2. The largest absolute Gasteiger partial charge is 0.384 e. The molecule has 0 aliphatic heterocycles. The number of H-pyrrole nitrogens is 1. The van der Waals surface area contributed by atoms with Crippen LogP contribution in [0.25, 0.3) is 0 Å². The van der Waals surface area contributed by atoms with E-state index >= 15 is 0 Å². The number of imidazole rings is 1. The Balaban J connectivity index is 2.19. The number of aryl methyl sites for hydroxylation is 1. The Morgan fingerprint density at radius 2 is 2.43 bits per heavy atom. The van der Waals surface area contributed by atoms with Crippen LogP contribution in [0.4, 0.5) is 0 Å². The second kappa shape index (κ2) is 5.78. The lowest BCUT2D eigenvalue weighted by Crippen LogP contribution is -2.23. The molecule has 0 bridgehead atoms. The molecule has 0 spiro atoms. The van der Waals surface area contributed by atoms with E-state index in [-0.39, 0.29) is 0 Å². The molecule has 0 radical (unpaired) electrons. The van der Waals surface area contributed by atoms with E-state index < -0.39 is 0 Å². The van der Waals surface area contributed by atoms with Gasteiger partial charge in [0.15, 0.2) is 0 Å². The van der Waals surface area contributed by atoms with Crippen molar-refractivity contribution in [3.63, 3.8) is 0 Å². The average molecular weight is 197 g/mol. The number of aromatic nitrogens is 2. The first kappa shape index (κ1) is 11.2. The summed E-state index contributed by atoms with van der Waals surface area (Å²) in [5.74, 6) is 0.541. The molecular formula is C10H19N3O. The fourth-order valence-corrected chi connectivity index (χ4v) is 1.35. The van der Waals surface area contributed by atoms with Crippen LogP contribution in [0.5, 0.6) is 0 Å². The summed E-state index contributed by atoms with van der Waals surface area (Å²) in [6.07, 6.45) is 1.73. The number of hydrogen-bond donors (Lipinski definition) is 2. The first-order valence-electron chi connectivity index (χ1n) is 4.92. The van der Waals surface area contributed by atoms with Gasteiger partial charge in [-0.25, -0.2) is 4.98 Å². The highest BCUT2D eigenvalue weighted by Gasteiger charge is 2.03. The van der Waals surface area contributed by atoms with Gasteiger partial charge >= 0.3 is 0 Å². The molecule has 0 fully saturated rings. The standard InChI is InChI=1S/C10H19N3O/c1-8(6-14-3)4-11-5-10-9(2)12-7-13-10/h7-8,11H,4-6H2,1-3H3,(H,12,13). The minimum absolute atomic E-state index is 0.541. The fraction of sp³-hybridized carbons (Fsp3) is 0.700. The van der Waals surface area contributed by atoms with Gasteiger partial charge in [-0.3, -0.25) is 0 Å². The molecule has 1 aromatic rings. The van der Waals surface area contributed by atoms with E-state index in [1.807, 2.05) is 6.92 Å². The van der Waals surface area contributed by atoms with Gasteiger partial charge in [-0.2, -0.15) is 0 Å². The quantitative estimate of drug-likeness (QED) is 0.717. The highest BCUT2D eigenvalue weighted by molar-refractivity contribution is 5.07. The molecule has 80 valence electrons. The number of ether oxygens (including phenoxy) is 1. The van der Waals surface area contributed by atoms with Gasteiger partial charge in [-0.05, 0) is 12.8 Å². The van der Waals surface area contributed by atoms with Crippen molar-refractivity contribution < 1.29 is 4.74 Å². The monoisotopic (exact) mass is 197 g/mol. The molecular weight excluding hydrogens is 178 g/mol. The summed E-state index contributed by atoms with van der Waals surface area (Å²) in [5.41, 5.74) is 2.23. The van der Waals surface area contributed by atoms with E-state index in [0.29, 0.717) is 5.92 Å².